The van der Waals surface area contributed by atoms with E-state index in [4.69, 9.17) is 5.11 Å². The Morgan fingerprint density at radius 3 is 2.67 bits per heavy atom. The molecule has 15 heavy (non-hydrogen) atoms. The van der Waals surface area contributed by atoms with Gasteiger partial charge in [-0.2, -0.15) is 0 Å². The predicted octanol–water partition coefficient (Wildman–Crippen LogP) is 1.36. The van der Waals surface area contributed by atoms with Crippen LogP contribution < -0.4 is 0 Å². The van der Waals surface area contributed by atoms with Gasteiger partial charge in [0.1, 0.15) is 5.82 Å². The second-order valence-corrected chi connectivity index (χ2v) is 3.02. The molecule has 0 fully saturated rings. The number of aromatic hydroxyl groups is 1. The zero-order valence-corrected chi connectivity index (χ0v) is 7.81. The van der Waals surface area contributed by atoms with E-state index < -0.39 is 22.2 Å². The van der Waals surface area contributed by atoms with Crippen molar-refractivity contribution in [2.24, 2.45) is 0 Å². The van der Waals surface area contributed by atoms with Gasteiger partial charge in [0.05, 0.1) is 11.0 Å². The van der Waals surface area contributed by atoms with Crippen molar-refractivity contribution < 1.29 is 19.5 Å². The van der Waals surface area contributed by atoms with Crippen LogP contribution in [0.5, 0.6) is 5.75 Å². The molecule has 0 radical (unpaired) electrons. The number of aliphatic hydroxyl groups is 1. The lowest BCUT2D eigenvalue weighted by Crippen LogP contribution is -1.96. The van der Waals surface area contributed by atoms with Gasteiger partial charge in [-0.05, 0) is 18.9 Å². The molecule has 1 aromatic rings. The van der Waals surface area contributed by atoms with E-state index >= 15 is 0 Å². The summed E-state index contributed by atoms with van der Waals surface area (Å²) in [5.41, 5.74) is -0.515. The monoisotopic (exact) mass is 215 g/mol. The quantitative estimate of drug-likeness (QED) is 0.586. The summed E-state index contributed by atoms with van der Waals surface area (Å²) < 4.78 is 12.9. The van der Waals surface area contributed by atoms with Gasteiger partial charge in [-0.1, -0.05) is 0 Å². The number of nitro benzene ring substituents is 1. The van der Waals surface area contributed by atoms with Gasteiger partial charge in [0.15, 0.2) is 5.75 Å². The van der Waals surface area contributed by atoms with Crippen LogP contribution in [0.4, 0.5) is 10.1 Å². The number of hydrogen-bond acceptors (Lipinski definition) is 4. The second kappa shape index (κ2) is 4.70. The molecule has 1 rings (SSSR count). The van der Waals surface area contributed by atoms with E-state index in [1.54, 1.807) is 0 Å². The van der Waals surface area contributed by atoms with Gasteiger partial charge in [0.2, 0.25) is 0 Å². The van der Waals surface area contributed by atoms with Gasteiger partial charge in [0, 0.05) is 12.2 Å². The van der Waals surface area contributed by atoms with E-state index in [1.165, 1.54) is 0 Å². The zero-order valence-electron chi connectivity index (χ0n) is 7.81. The molecule has 5 nitrogen and oxygen atoms in total. The number of nitro groups is 1. The second-order valence-electron chi connectivity index (χ2n) is 3.02. The largest absolute Gasteiger partial charge is 0.502 e. The molecular formula is C9H10FNO4. The highest BCUT2D eigenvalue weighted by Gasteiger charge is 2.18. The molecule has 0 aromatic heterocycles. The number of aliphatic hydroxyl groups excluding tert-OH is 1. The van der Waals surface area contributed by atoms with E-state index in [0.717, 1.165) is 6.07 Å². The van der Waals surface area contributed by atoms with Crippen molar-refractivity contribution in [1.82, 2.24) is 0 Å². The van der Waals surface area contributed by atoms with Crippen LogP contribution in [0.1, 0.15) is 12.0 Å². The van der Waals surface area contributed by atoms with Gasteiger partial charge >= 0.3 is 5.69 Å². The van der Waals surface area contributed by atoms with Gasteiger partial charge < -0.3 is 10.2 Å². The number of phenols is 1. The van der Waals surface area contributed by atoms with Crippen LogP contribution in [0.25, 0.3) is 0 Å². The Labute approximate surface area is 84.9 Å². The Bertz CT molecular complexity index is 381. The maximum atomic E-state index is 12.9. The molecule has 0 heterocycles. The summed E-state index contributed by atoms with van der Waals surface area (Å²) in [4.78, 5) is 9.58. The minimum Gasteiger partial charge on any atom is -0.502 e. The Kier molecular flexibility index (Phi) is 3.56. The third-order valence-corrected chi connectivity index (χ3v) is 1.93. The molecule has 0 aliphatic carbocycles. The molecule has 0 saturated carbocycles. The van der Waals surface area contributed by atoms with Crippen LogP contribution in [0.15, 0.2) is 12.1 Å². The number of halogens is 1. The fourth-order valence-corrected chi connectivity index (χ4v) is 1.24. The van der Waals surface area contributed by atoms with E-state index in [9.17, 15) is 19.6 Å². The molecule has 0 unspecified atom stereocenters. The van der Waals surface area contributed by atoms with Crippen molar-refractivity contribution in [1.29, 1.82) is 0 Å². The normalized spacial score (nSPS) is 10.3. The molecule has 0 aliphatic heterocycles. The Balaban J connectivity index is 3.10. The van der Waals surface area contributed by atoms with Crippen molar-refractivity contribution >= 4 is 5.69 Å². The van der Waals surface area contributed by atoms with Gasteiger partial charge in [-0.15, -0.1) is 0 Å². The first-order valence-corrected chi connectivity index (χ1v) is 4.33. The summed E-state index contributed by atoms with van der Waals surface area (Å²) in [5.74, 6) is -1.30. The number of benzene rings is 1. The number of phenolic OH excluding ortho intramolecular Hbond substituents is 1. The van der Waals surface area contributed by atoms with Gasteiger partial charge in [-0.25, -0.2) is 4.39 Å². The number of aryl methyl sites for hydroxylation is 1. The Morgan fingerprint density at radius 2 is 2.13 bits per heavy atom. The van der Waals surface area contributed by atoms with Crippen molar-refractivity contribution in [2.75, 3.05) is 6.61 Å². The SMILES string of the molecule is O=[N+]([O-])c1cc(F)cc(CCCO)c1O. The smallest absolute Gasteiger partial charge is 0.313 e. The summed E-state index contributed by atoms with van der Waals surface area (Å²) >= 11 is 0. The fraction of sp³-hybridized carbons (Fsp3) is 0.333. The maximum Gasteiger partial charge on any atom is 0.313 e. The first kappa shape index (κ1) is 11.4. The lowest BCUT2D eigenvalue weighted by Gasteiger charge is -2.04. The van der Waals surface area contributed by atoms with Gasteiger partial charge in [-0.3, -0.25) is 10.1 Å². The molecular weight excluding hydrogens is 205 g/mol. The van der Waals surface area contributed by atoms with Crippen LogP contribution in [-0.2, 0) is 6.42 Å². The van der Waals surface area contributed by atoms with Crippen molar-refractivity contribution in [3.8, 4) is 5.75 Å². The number of rotatable bonds is 4. The highest BCUT2D eigenvalue weighted by Crippen LogP contribution is 2.31. The van der Waals surface area contributed by atoms with E-state index in [2.05, 4.69) is 0 Å². The molecule has 0 saturated heterocycles. The van der Waals surface area contributed by atoms with E-state index in [0.29, 0.717) is 12.5 Å². The van der Waals surface area contributed by atoms with Crippen LogP contribution in [0.3, 0.4) is 0 Å². The van der Waals surface area contributed by atoms with Crippen LogP contribution >= 0.6 is 0 Å². The van der Waals surface area contributed by atoms with Crippen molar-refractivity contribution in [3.05, 3.63) is 33.6 Å². The Morgan fingerprint density at radius 1 is 1.47 bits per heavy atom. The van der Waals surface area contributed by atoms with Crippen molar-refractivity contribution in [2.45, 2.75) is 12.8 Å². The minimum atomic E-state index is -0.846. The van der Waals surface area contributed by atoms with E-state index in [-0.39, 0.29) is 18.6 Å². The molecule has 0 bridgehead atoms. The third kappa shape index (κ3) is 2.63. The molecule has 1 aromatic carbocycles. The molecule has 2 N–H and O–H groups in total. The first-order chi connectivity index (χ1) is 7.06. The summed E-state index contributed by atoms with van der Waals surface area (Å²) in [7, 11) is 0. The maximum absolute atomic E-state index is 12.9. The van der Waals surface area contributed by atoms with E-state index in [1.807, 2.05) is 0 Å². The molecule has 0 spiro atoms. The molecule has 82 valence electrons. The lowest BCUT2D eigenvalue weighted by molar-refractivity contribution is -0.386. The molecule has 0 amide bonds. The summed E-state index contributed by atoms with van der Waals surface area (Å²) in [6, 6.07) is 1.69. The fourth-order valence-electron chi connectivity index (χ4n) is 1.24. The van der Waals surface area contributed by atoms with Gasteiger partial charge in [0.25, 0.3) is 0 Å². The van der Waals surface area contributed by atoms with Crippen molar-refractivity contribution in [3.63, 3.8) is 0 Å². The number of nitrogens with zero attached hydrogens (tertiary/aromatic N) is 1. The zero-order chi connectivity index (χ0) is 11.4. The highest BCUT2D eigenvalue weighted by molar-refractivity contribution is 5.51. The first-order valence-electron chi connectivity index (χ1n) is 4.33. The summed E-state index contributed by atoms with van der Waals surface area (Å²) in [6.45, 7) is -0.121. The molecule has 0 atom stereocenters. The average Bonchev–Trinajstić information content (AvgIpc) is 2.18. The van der Waals surface area contributed by atoms with Crippen LogP contribution in [0.2, 0.25) is 0 Å². The lowest BCUT2D eigenvalue weighted by atomic mass is 10.1. The molecule has 6 heteroatoms. The standard InChI is InChI=1S/C9H10FNO4/c10-7-4-6(2-1-3-12)9(13)8(5-7)11(14)15/h4-5,12-13H,1-3H2. The number of hydrogen-bond donors (Lipinski definition) is 2. The Hall–Kier alpha value is -1.69. The topological polar surface area (TPSA) is 83.6 Å². The average molecular weight is 215 g/mol. The minimum absolute atomic E-state index is 0.121. The highest BCUT2D eigenvalue weighted by atomic mass is 19.1. The molecule has 0 aliphatic rings. The summed E-state index contributed by atoms with van der Waals surface area (Å²) in [5, 5.41) is 28.4. The third-order valence-electron chi connectivity index (χ3n) is 1.93. The van der Waals surface area contributed by atoms with Crippen LogP contribution in [-0.4, -0.2) is 21.7 Å². The predicted molar refractivity (Wildman–Crippen MR) is 50.1 cm³/mol. The summed E-state index contributed by atoms with van der Waals surface area (Å²) in [6.07, 6.45) is 0.509. The van der Waals surface area contributed by atoms with Crippen LogP contribution in [0, 0.1) is 15.9 Å².